The van der Waals surface area contributed by atoms with E-state index >= 15 is 0 Å². The van der Waals surface area contributed by atoms with Crippen LogP contribution in [0.5, 0.6) is 0 Å². The normalized spacial score (nSPS) is 18.3. The largest absolute Gasteiger partial charge is 0.398 e. The molecule has 0 unspecified atom stereocenters. The number of pyridine rings is 2. The van der Waals surface area contributed by atoms with Crippen LogP contribution in [0.2, 0.25) is 0 Å². The first-order valence-electron chi connectivity index (χ1n) is 9.00. The summed E-state index contributed by atoms with van der Waals surface area (Å²) in [4.78, 5) is 20.2. The fraction of sp³-hybridized carbons (Fsp3) is 0.238. The van der Waals surface area contributed by atoms with E-state index in [1.807, 2.05) is 0 Å². The number of rotatable bonds is 4. The van der Waals surface area contributed by atoms with Gasteiger partial charge in [0, 0.05) is 42.2 Å². The molecule has 3 N–H and O–H groups in total. The summed E-state index contributed by atoms with van der Waals surface area (Å²) in [7, 11) is 0. The smallest absolute Gasteiger partial charge is 0.272 e. The number of nitrogens with one attached hydrogen (secondary N) is 1. The molecule has 1 aliphatic rings. The molecule has 0 bridgehead atoms. The molecule has 0 spiro atoms. The number of anilines is 2. The number of benzene rings is 1. The van der Waals surface area contributed by atoms with Gasteiger partial charge in [-0.25, -0.2) is 13.8 Å². The van der Waals surface area contributed by atoms with E-state index in [0.29, 0.717) is 39.8 Å². The molecule has 1 aromatic carbocycles. The van der Waals surface area contributed by atoms with Crippen LogP contribution in [-0.4, -0.2) is 15.9 Å². The van der Waals surface area contributed by atoms with Gasteiger partial charge in [0.15, 0.2) is 0 Å². The molecule has 2 heterocycles. The standard InChI is InChI=1S/C21H17F2N5O/c1-21(22,23)17-10-26-3-2-14(17)11-4-12-7-19(27-9-16(12)18(25)6-11)28-20(29)15-5-13(15)8-24/h2-4,6-7,9-10,13,15H,5,25H2,1H3,(H,27,28,29)/t13-,15+/m0/s1. The van der Waals surface area contributed by atoms with Crippen LogP contribution in [-0.2, 0) is 10.7 Å². The van der Waals surface area contributed by atoms with E-state index < -0.39 is 5.92 Å². The molecular weight excluding hydrogens is 376 g/mol. The minimum atomic E-state index is -3.06. The van der Waals surface area contributed by atoms with E-state index in [1.165, 1.54) is 18.5 Å². The number of aromatic nitrogens is 2. The molecule has 2 atom stereocenters. The van der Waals surface area contributed by atoms with E-state index in [0.717, 1.165) is 13.1 Å². The van der Waals surface area contributed by atoms with Gasteiger partial charge in [-0.1, -0.05) is 0 Å². The Morgan fingerprint density at radius 3 is 2.83 bits per heavy atom. The van der Waals surface area contributed by atoms with Crippen LogP contribution in [0.3, 0.4) is 0 Å². The van der Waals surface area contributed by atoms with Gasteiger partial charge < -0.3 is 11.1 Å². The van der Waals surface area contributed by atoms with Gasteiger partial charge in [0.2, 0.25) is 5.91 Å². The maximum atomic E-state index is 14.0. The predicted octanol–water partition coefficient (Wildman–Crippen LogP) is 4.09. The van der Waals surface area contributed by atoms with Crippen LogP contribution in [0.4, 0.5) is 20.3 Å². The Hall–Kier alpha value is -3.60. The fourth-order valence-corrected chi connectivity index (χ4v) is 3.35. The Bertz CT molecular complexity index is 1170. The van der Waals surface area contributed by atoms with Crippen molar-refractivity contribution in [3.8, 4) is 17.2 Å². The van der Waals surface area contributed by atoms with Crippen molar-refractivity contribution in [1.82, 2.24) is 9.97 Å². The number of amides is 1. The number of nitrogens with zero attached hydrogens (tertiary/aromatic N) is 3. The fourth-order valence-electron chi connectivity index (χ4n) is 3.35. The monoisotopic (exact) mass is 393 g/mol. The molecule has 1 amide bonds. The van der Waals surface area contributed by atoms with Crippen molar-refractivity contribution in [2.75, 3.05) is 11.1 Å². The van der Waals surface area contributed by atoms with Gasteiger partial charge in [0.1, 0.15) is 5.82 Å². The van der Waals surface area contributed by atoms with Crippen molar-refractivity contribution >= 4 is 28.2 Å². The van der Waals surface area contributed by atoms with Crippen molar-refractivity contribution in [2.45, 2.75) is 19.3 Å². The topological polar surface area (TPSA) is 105 Å². The van der Waals surface area contributed by atoms with Gasteiger partial charge in [0.25, 0.3) is 5.92 Å². The summed E-state index contributed by atoms with van der Waals surface area (Å²) in [6, 6.07) is 8.58. The lowest BCUT2D eigenvalue weighted by Crippen LogP contribution is -2.15. The average Bonchev–Trinajstić information content (AvgIpc) is 3.47. The number of hydrogen-bond donors (Lipinski definition) is 2. The van der Waals surface area contributed by atoms with Gasteiger partial charge in [-0.3, -0.25) is 9.78 Å². The second kappa shape index (κ2) is 6.78. The predicted molar refractivity (Wildman–Crippen MR) is 105 cm³/mol. The third kappa shape index (κ3) is 3.59. The van der Waals surface area contributed by atoms with Crippen molar-refractivity contribution in [2.24, 2.45) is 11.8 Å². The van der Waals surface area contributed by atoms with E-state index in [-0.39, 0.29) is 23.3 Å². The summed E-state index contributed by atoms with van der Waals surface area (Å²) in [6.45, 7) is 0.821. The molecule has 4 rings (SSSR count). The molecule has 1 aliphatic carbocycles. The molecule has 8 heteroatoms. The lowest BCUT2D eigenvalue weighted by Gasteiger charge is -2.16. The zero-order valence-corrected chi connectivity index (χ0v) is 15.5. The van der Waals surface area contributed by atoms with E-state index in [4.69, 9.17) is 11.0 Å². The maximum Gasteiger partial charge on any atom is 0.272 e. The van der Waals surface area contributed by atoms with Crippen LogP contribution in [0.25, 0.3) is 21.9 Å². The van der Waals surface area contributed by atoms with Gasteiger partial charge in [0.05, 0.1) is 17.9 Å². The molecule has 0 aliphatic heterocycles. The molecule has 1 saturated carbocycles. The Labute approximate surface area is 165 Å². The Morgan fingerprint density at radius 2 is 2.14 bits per heavy atom. The van der Waals surface area contributed by atoms with Gasteiger partial charge >= 0.3 is 0 Å². The summed E-state index contributed by atoms with van der Waals surface area (Å²) >= 11 is 0. The van der Waals surface area contributed by atoms with Crippen LogP contribution in [0.15, 0.2) is 42.9 Å². The summed E-state index contributed by atoms with van der Waals surface area (Å²) in [5.41, 5.74) is 7.17. The lowest BCUT2D eigenvalue weighted by molar-refractivity contribution is -0.117. The maximum absolute atomic E-state index is 14.0. The van der Waals surface area contributed by atoms with Crippen LogP contribution < -0.4 is 11.1 Å². The zero-order valence-electron chi connectivity index (χ0n) is 15.5. The van der Waals surface area contributed by atoms with Crippen molar-refractivity contribution in [3.63, 3.8) is 0 Å². The average molecular weight is 393 g/mol. The van der Waals surface area contributed by atoms with Gasteiger partial charge in [-0.2, -0.15) is 5.26 Å². The summed E-state index contributed by atoms with van der Waals surface area (Å²) in [5, 5.41) is 12.9. The highest BCUT2D eigenvalue weighted by atomic mass is 19.3. The highest BCUT2D eigenvalue weighted by Gasteiger charge is 2.43. The highest BCUT2D eigenvalue weighted by Crippen LogP contribution is 2.39. The quantitative estimate of drug-likeness (QED) is 0.650. The molecule has 3 aromatic rings. The number of hydrogen-bond acceptors (Lipinski definition) is 5. The first-order chi connectivity index (χ1) is 13.8. The molecule has 146 valence electrons. The number of carbonyl (C=O) groups is 1. The van der Waals surface area contributed by atoms with Crippen LogP contribution in [0.1, 0.15) is 18.9 Å². The molecule has 1 fully saturated rings. The number of halogens is 2. The Morgan fingerprint density at radius 1 is 1.34 bits per heavy atom. The Balaban J connectivity index is 1.73. The molecule has 0 saturated heterocycles. The molecular formula is C21H17F2N5O. The van der Waals surface area contributed by atoms with E-state index in [1.54, 1.807) is 18.2 Å². The van der Waals surface area contributed by atoms with E-state index in [2.05, 4.69) is 21.4 Å². The van der Waals surface area contributed by atoms with E-state index in [9.17, 15) is 13.6 Å². The first kappa shape index (κ1) is 18.7. The minimum absolute atomic E-state index is 0.197. The first-order valence-corrected chi connectivity index (χ1v) is 9.00. The van der Waals surface area contributed by atoms with Crippen molar-refractivity contribution in [3.05, 3.63) is 48.4 Å². The second-order valence-electron chi connectivity index (χ2n) is 7.23. The number of nitriles is 1. The number of carbonyl (C=O) groups excluding carboxylic acids is 1. The van der Waals surface area contributed by atoms with Crippen molar-refractivity contribution < 1.29 is 13.6 Å². The Kier molecular flexibility index (Phi) is 4.38. The highest BCUT2D eigenvalue weighted by molar-refractivity contribution is 6.00. The summed E-state index contributed by atoms with van der Waals surface area (Å²) in [5.74, 6) is -3.57. The number of nitrogen functional groups attached to an aromatic ring is 1. The number of nitrogens with two attached hydrogens (primary N) is 1. The zero-order chi connectivity index (χ0) is 20.8. The second-order valence-corrected chi connectivity index (χ2v) is 7.23. The van der Waals surface area contributed by atoms with Crippen molar-refractivity contribution in [1.29, 1.82) is 5.26 Å². The minimum Gasteiger partial charge on any atom is -0.398 e. The molecule has 0 radical (unpaired) electrons. The summed E-state index contributed by atoms with van der Waals surface area (Å²) < 4.78 is 28.0. The third-order valence-corrected chi connectivity index (χ3v) is 5.02. The number of fused-ring (bicyclic) bond motifs is 1. The van der Waals surface area contributed by atoms with Gasteiger partial charge in [-0.15, -0.1) is 0 Å². The molecule has 2 aromatic heterocycles. The molecule has 6 nitrogen and oxygen atoms in total. The van der Waals surface area contributed by atoms with Gasteiger partial charge in [-0.05, 0) is 47.2 Å². The number of alkyl halides is 2. The SMILES string of the molecule is CC(F)(F)c1cnccc1-c1cc(N)c2cnc(NC(=O)[C@@H]3C[C@H]3C#N)cc2c1. The summed E-state index contributed by atoms with van der Waals surface area (Å²) in [6.07, 6.45) is 4.67. The molecule has 29 heavy (non-hydrogen) atoms. The lowest BCUT2D eigenvalue weighted by atomic mass is 9.96. The van der Waals surface area contributed by atoms with Crippen LogP contribution >= 0.6 is 0 Å². The van der Waals surface area contributed by atoms with Crippen LogP contribution in [0, 0.1) is 23.2 Å². The third-order valence-electron chi connectivity index (χ3n) is 5.02.